The van der Waals surface area contributed by atoms with Gasteiger partial charge in [-0.1, -0.05) is 6.42 Å². The lowest BCUT2D eigenvalue weighted by Crippen LogP contribution is -2.36. The van der Waals surface area contributed by atoms with Gasteiger partial charge in [0, 0.05) is 12.0 Å². The Hall–Kier alpha value is -0.0800. The molecule has 1 aliphatic heterocycles. The molecule has 5 unspecified atom stereocenters. The van der Waals surface area contributed by atoms with Gasteiger partial charge in [0.25, 0.3) is 0 Å². The van der Waals surface area contributed by atoms with Gasteiger partial charge in [-0.25, -0.2) is 0 Å². The molecule has 1 heterocycles. The third kappa shape index (κ3) is 1.62. The van der Waals surface area contributed by atoms with E-state index in [0.29, 0.717) is 6.61 Å². The van der Waals surface area contributed by atoms with Crippen LogP contribution < -0.4 is 0 Å². The first-order valence-electron chi connectivity index (χ1n) is 6.96. The van der Waals surface area contributed by atoms with E-state index in [1.807, 2.05) is 0 Å². The summed E-state index contributed by atoms with van der Waals surface area (Å²) >= 11 is 0. The maximum absolute atomic E-state index is 9.74. The van der Waals surface area contributed by atoms with Crippen molar-refractivity contribution >= 4 is 0 Å². The maximum Gasteiger partial charge on any atom is 0.0626 e. The van der Waals surface area contributed by atoms with E-state index in [2.05, 4.69) is 6.92 Å². The molecular weight excluding hydrogens is 200 g/mol. The molecule has 0 amide bonds. The van der Waals surface area contributed by atoms with Crippen molar-refractivity contribution in [3.05, 3.63) is 0 Å². The molecular formula is C14H24O2. The van der Waals surface area contributed by atoms with Crippen LogP contribution in [0.25, 0.3) is 0 Å². The van der Waals surface area contributed by atoms with Crippen LogP contribution in [0.1, 0.15) is 45.4 Å². The Kier molecular flexibility index (Phi) is 2.75. The van der Waals surface area contributed by atoms with Crippen molar-refractivity contribution in [2.75, 3.05) is 13.2 Å². The molecule has 2 heteroatoms. The van der Waals surface area contributed by atoms with Crippen molar-refractivity contribution in [3.63, 3.8) is 0 Å². The van der Waals surface area contributed by atoms with Crippen molar-refractivity contribution in [1.29, 1.82) is 0 Å². The minimum atomic E-state index is 0.0924. The molecule has 1 N–H and O–H groups in total. The number of aliphatic hydroxyl groups excluding tert-OH is 1. The second-order valence-corrected chi connectivity index (χ2v) is 6.42. The summed E-state index contributed by atoms with van der Waals surface area (Å²) in [5, 5.41) is 9.74. The molecule has 2 saturated carbocycles. The summed E-state index contributed by atoms with van der Waals surface area (Å²) in [5.74, 6) is 2.87. The zero-order chi connectivity index (χ0) is 11.2. The summed E-state index contributed by atoms with van der Waals surface area (Å²) in [6, 6.07) is 0. The van der Waals surface area contributed by atoms with Gasteiger partial charge in [-0.3, -0.25) is 0 Å². The van der Waals surface area contributed by atoms with Gasteiger partial charge in [0.2, 0.25) is 0 Å². The Labute approximate surface area is 98.4 Å². The Balaban J connectivity index is 1.68. The number of aliphatic hydroxyl groups is 1. The predicted octanol–water partition coefficient (Wildman–Crippen LogP) is 2.60. The molecule has 16 heavy (non-hydrogen) atoms. The van der Waals surface area contributed by atoms with Crippen LogP contribution in [0.2, 0.25) is 0 Å². The van der Waals surface area contributed by atoms with Crippen LogP contribution in [0.3, 0.4) is 0 Å². The minimum Gasteiger partial charge on any atom is -0.396 e. The molecule has 5 atom stereocenters. The van der Waals surface area contributed by atoms with Gasteiger partial charge in [-0.05, 0) is 56.8 Å². The van der Waals surface area contributed by atoms with Crippen LogP contribution >= 0.6 is 0 Å². The van der Waals surface area contributed by atoms with E-state index < -0.39 is 0 Å². The van der Waals surface area contributed by atoms with E-state index >= 15 is 0 Å². The highest BCUT2D eigenvalue weighted by atomic mass is 16.5. The number of rotatable bonds is 3. The Morgan fingerprint density at radius 1 is 1.31 bits per heavy atom. The summed E-state index contributed by atoms with van der Waals surface area (Å²) in [6.07, 6.45) is 8.37. The molecule has 3 aliphatic rings. The molecule has 92 valence electrons. The van der Waals surface area contributed by atoms with Crippen LogP contribution in [-0.2, 0) is 4.74 Å². The highest BCUT2D eigenvalue weighted by Gasteiger charge is 2.47. The fourth-order valence-electron chi connectivity index (χ4n) is 4.51. The summed E-state index contributed by atoms with van der Waals surface area (Å²) in [5.41, 5.74) is 0.0924. The smallest absolute Gasteiger partial charge is 0.0626 e. The fourth-order valence-corrected chi connectivity index (χ4v) is 4.51. The molecule has 0 radical (unpaired) electrons. The SMILES string of the molecule is CC1OCCC1(CO)CC1CC2CCC1C2. The van der Waals surface area contributed by atoms with Crippen molar-refractivity contribution in [3.8, 4) is 0 Å². The largest absolute Gasteiger partial charge is 0.396 e. The van der Waals surface area contributed by atoms with Gasteiger partial charge < -0.3 is 9.84 Å². The Morgan fingerprint density at radius 2 is 2.19 bits per heavy atom. The number of hydrogen-bond acceptors (Lipinski definition) is 2. The third-order valence-electron chi connectivity index (χ3n) is 5.70. The number of ether oxygens (including phenoxy) is 1. The van der Waals surface area contributed by atoms with E-state index in [0.717, 1.165) is 30.8 Å². The Morgan fingerprint density at radius 3 is 2.69 bits per heavy atom. The number of hydrogen-bond donors (Lipinski definition) is 1. The van der Waals surface area contributed by atoms with E-state index in [-0.39, 0.29) is 11.5 Å². The molecule has 0 spiro atoms. The first-order chi connectivity index (χ1) is 7.73. The van der Waals surface area contributed by atoms with E-state index in [1.165, 1.54) is 32.1 Å². The summed E-state index contributed by atoms with van der Waals surface area (Å²) in [4.78, 5) is 0. The van der Waals surface area contributed by atoms with Crippen molar-refractivity contribution in [2.24, 2.45) is 23.2 Å². The maximum atomic E-state index is 9.74. The van der Waals surface area contributed by atoms with E-state index in [4.69, 9.17) is 4.74 Å². The lowest BCUT2D eigenvalue weighted by molar-refractivity contribution is 0.00598. The highest BCUT2D eigenvalue weighted by molar-refractivity contribution is 4.97. The first-order valence-corrected chi connectivity index (χ1v) is 6.96. The lowest BCUT2D eigenvalue weighted by atomic mass is 9.71. The van der Waals surface area contributed by atoms with Crippen molar-refractivity contribution in [1.82, 2.24) is 0 Å². The quantitative estimate of drug-likeness (QED) is 0.798. The molecule has 3 fully saturated rings. The molecule has 1 saturated heterocycles. The molecule has 2 nitrogen and oxygen atoms in total. The zero-order valence-electron chi connectivity index (χ0n) is 10.3. The lowest BCUT2D eigenvalue weighted by Gasteiger charge is -2.35. The van der Waals surface area contributed by atoms with Crippen LogP contribution in [-0.4, -0.2) is 24.4 Å². The number of fused-ring (bicyclic) bond motifs is 2. The first kappa shape index (κ1) is 11.0. The summed E-state index contributed by atoms with van der Waals surface area (Å²) in [7, 11) is 0. The second kappa shape index (κ2) is 3.99. The van der Waals surface area contributed by atoms with Crippen LogP contribution in [0, 0.1) is 23.2 Å². The van der Waals surface area contributed by atoms with Crippen LogP contribution in [0.4, 0.5) is 0 Å². The summed E-state index contributed by atoms with van der Waals surface area (Å²) < 4.78 is 5.69. The van der Waals surface area contributed by atoms with Gasteiger partial charge >= 0.3 is 0 Å². The standard InChI is InChI=1S/C14H24O2/c1-10-14(9-15,4-5-16-10)8-13-7-11-2-3-12(13)6-11/h10-13,15H,2-9H2,1H3. The van der Waals surface area contributed by atoms with Crippen molar-refractivity contribution < 1.29 is 9.84 Å². The molecule has 2 aliphatic carbocycles. The minimum absolute atomic E-state index is 0.0924. The predicted molar refractivity (Wildman–Crippen MR) is 63.1 cm³/mol. The van der Waals surface area contributed by atoms with Gasteiger partial charge in [0.05, 0.1) is 12.7 Å². The van der Waals surface area contributed by atoms with E-state index in [1.54, 1.807) is 0 Å². The molecule has 3 rings (SSSR count). The average molecular weight is 224 g/mol. The van der Waals surface area contributed by atoms with E-state index in [9.17, 15) is 5.11 Å². The molecule has 0 aromatic heterocycles. The highest BCUT2D eigenvalue weighted by Crippen LogP contribution is 2.53. The van der Waals surface area contributed by atoms with Crippen LogP contribution in [0.15, 0.2) is 0 Å². The third-order valence-corrected chi connectivity index (χ3v) is 5.70. The van der Waals surface area contributed by atoms with Gasteiger partial charge in [0.15, 0.2) is 0 Å². The second-order valence-electron chi connectivity index (χ2n) is 6.42. The van der Waals surface area contributed by atoms with Gasteiger partial charge in [-0.2, -0.15) is 0 Å². The van der Waals surface area contributed by atoms with Gasteiger partial charge in [-0.15, -0.1) is 0 Å². The fraction of sp³-hybridized carbons (Fsp3) is 1.00. The summed E-state index contributed by atoms with van der Waals surface area (Å²) in [6.45, 7) is 3.32. The molecule has 0 aromatic rings. The topological polar surface area (TPSA) is 29.5 Å². The molecule has 0 aromatic carbocycles. The molecule has 2 bridgehead atoms. The van der Waals surface area contributed by atoms with Crippen molar-refractivity contribution in [2.45, 2.75) is 51.6 Å². The van der Waals surface area contributed by atoms with Crippen LogP contribution in [0.5, 0.6) is 0 Å². The zero-order valence-corrected chi connectivity index (χ0v) is 10.3. The monoisotopic (exact) mass is 224 g/mol. The normalized spacial score (nSPS) is 51.4. The van der Waals surface area contributed by atoms with Gasteiger partial charge in [0.1, 0.15) is 0 Å². The Bertz CT molecular complexity index is 265. The average Bonchev–Trinajstić information content (AvgIpc) is 2.96.